The Morgan fingerprint density at radius 2 is 2.26 bits per heavy atom. The van der Waals surface area contributed by atoms with Gasteiger partial charge in [-0.05, 0) is 42.7 Å². The van der Waals surface area contributed by atoms with Crippen LogP contribution in [0.2, 0.25) is 0 Å². The fourth-order valence-corrected chi connectivity index (χ4v) is 1.92. The molecule has 0 aliphatic heterocycles. The summed E-state index contributed by atoms with van der Waals surface area (Å²) in [6, 6.07) is 8.04. The van der Waals surface area contributed by atoms with Crippen LogP contribution in [0.15, 0.2) is 42.9 Å². The summed E-state index contributed by atoms with van der Waals surface area (Å²) < 4.78 is 1.78. The Kier molecular flexibility index (Phi) is 3.10. The van der Waals surface area contributed by atoms with Crippen LogP contribution in [-0.2, 0) is 6.42 Å². The number of nitrogens with one attached hydrogen (secondary N) is 1. The lowest BCUT2D eigenvalue weighted by Crippen LogP contribution is -2.06. The maximum absolute atomic E-state index is 4.43. The second-order valence-electron chi connectivity index (χ2n) is 4.48. The molecular weight excluding hydrogens is 238 g/mol. The van der Waals surface area contributed by atoms with Gasteiger partial charge in [0.05, 0.1) is 0 Å². The first-order chi connectivity index (χ1) is 9.31. The SMILES string of the molecule is Cc1ccn2nc(NCCc3cccnc3)nc2c1. The van der Waals surface area contributed by atoms with Gasteiger partial charge in [0.25, 0.3) is 0 Å². The monoisotopic (exact) mass is 253 g/mol. The number of hydrogen-bond donors (Lipinski definition) is 1. The van der Waals surface area contributed by atoms with Gasteiger partial charge in [-0.2, -0.15) is 4.98 Å². The van der Waals surface area contributed by atoms with Crippen molar-refractivity contribution in [3.05, 3.63) is 54.0 Å². The summed E-state index contributed by atoms with van der Waals surface area (Å²) in [6.45, 7) is 2.84. The van der Waals surface area contributed by atoms with E-state index in [1.165, 1.54) is 11.1 Å². The molecule has 0 saturated heterocycles. The number of fused-ring (bicyclic) bond motifs is 1. The molecule has 3 heterocycles. The lowest BCUT2D eigenvalue weighted by molar-refractivity contribution is 0.933. The lowest BCUT2D eigenvalue weighted by atomic mass is 10.2. The van der Waals surface area contributed by atoms with Gasteiger partial charge in [-0.25, -0.2) is 4.52 Å². The predicted molar refractivity (Wildman–Crippen MR) is 74.2 cm³/mol. The highest BCUT2D eigenvalue weighted by molar-refractivity contribution is 5.45. The molecule has 1 N–H and O–H groups in total. The predicted octanol–water partition coefficient (Wildman–Crippen LogP) is 2.09. The zero-order valence-electron chi connectivity index (χ0n) is 10.7. The quantitative estimate of drug-likeness (QED) is 0.773. The highest BCUT2D eigenvalue weighted by atomic mass is 15.3. The van der Waals surface area contributed by atoms with Crippen LogP contribution >= 0.6 is 0 Å². The molecular formula is C14H15N5. The van der Waals surface area contributed by atoms with E-state index in [-0.39, 0.29) is 0 Å². The van der Waals surface area contributed by atoms with Gasteiger partial charge in [0.15, 0.2) is 5.65 Å². The van der Waals surface area contributed by atoms with Crippen LogP contribution in [0.4, 0.5) is 5.95 Å². The molecule has 0 saturated carbocycles. The summed E-state index contributed by atoms with van der Waals surface area (Å²) in [4.78, 5) is 8.52. The Morgan fingerprint density at radius 1 is 1.32 bits per heavy atom. The average Bonchev–Trinajstić information content (AvgIpc) is 2.82. The first kappa shape index (κ1) is 11.6. The van der Waals surface area contributed by atoms with E-state index < -0.39 is 0 Å². The molecule has 0 radical (unpaired) electrons. The van der Waals surface area contributed by atoms with Gasteiger partial charge in [0, 0.05) is 25.1 Å². The number of anilines is 1. The van der Waals surface area contributed by atoms with E-state index in [2.05, 4.69) is 26.4 Å². The zero-order chi connectivity index (χ0) is 13.1. The van der Waals surface area contributed by atoms with E-state index in [0.29, 0.717) is 5.95 Å². The number of pyridine rings is 2. The van der Waals surface area contributed by atoms with Crippen LogP contribution in [0, 0.1) is 6.92 Å². The molecule has 0 unspecified atom stereocenters. The Labute approximate surface area is 111 Å². The molecule has 0 bridgehead atoms. The second kappa shape index (κ2) is 5.06. The minimum absolute atomic E-state index is 0.662. The van der Waals surface area contributed by atoms with E-state index in [4.69, 9.17) is 0 Å². The molecule has 5 nitrogen and oxygen atoms in total. The van der Waals surface area contributed by atoms with Crippen molar-refractivity contribution in [2.75, 3.05) is 11.9 Å². The fourth-order valence-electron chi connectivity index (χ4n) is 1.92. The maximum atomic E-state index is 4.43. The smallest absolute Gasteiger partial charge is 0.243 e. The third-order valence-corrected chi connectivity index (χ3v) is 2.91. The molecule has 3 aromatic heterocycles. The van der Waals surface area contributed by atoms with Crippen LogP contribution in [-0.4, -0.2) is 26.1 Å². The summed E-state index contributed by atoms with van der Waals surface area (Å²) in [6.07, 6.45) is 6.48. The van der Waals surface area contributed by atoms with E-state index in [1.54, 1.807) is 10.7 Å². The highest BCUT2D eigenvalue weighted by Crippen LogP contribution is 2.07. The first-order valence-corrected chi connectivity index (χ1v) is 6.27. The van der Waals surface area contributed by atoms with Crippen molar-refractivity contribution in [1.29, 1.82) is 0 Å². The number of aromatic nitrogens is 4. The van der Waals surface area contributed by atoms with E-state index in [0.717, 1.165) is 18.6 Å². The summed E-state index contributed by atoms with van der Waals surface area (Å²) in [5, 5.41) is 7.60. The Bertz CT molecular complexity index is 675. The third-order valence-electron chi connectivity index (χ3n) is 2.91. The lowest BCUT2D eigenvalue weighted by Gasteiger charge is -2.00. The van der Waals surface area contributed by atoms with Gasteiger partial charge in [-0.1, -0.05) is 6.07 Å². The standard InChI is InChI=1S/C14H15N5/c1-11-5-8-19-13(9-11)17-14(18-19)16-7-4-12-3-2-6-15-10-12/h2-3,5-6,8-10H,4,7H2,1H3,(H,16,18). The topological polar surface area (TPSA) is 55.1 Å². The summed E-state index contributed by atoms with van der Waals surface area (Å²) >= 11 is 0. The fraction of sp³-hybridized carbons (Fsp3) is 0.214. The van der Waals surface area contributed by atoms with Crippen LogP contribution in [0.5, 0.6) is 0 Å². The van der Waals surface area contributed by atoms with E-state index in [9.17, 15) is 0 Å². The van der Waals surface area contributed by atoms with Gasteiger partial charge in [0.2, 0.25) is 5.95 Å². The maximum Gasteiger partial charge on any atom is 0.243 e. The molecule has 0 aliphatic carbocycles. The van der Waals surface area contributed by atoms with Crippen molar-refractivity contribution >= 4 is 11.6 Å². The molecule has 96 valence electrons. The molecule has 5 heteroatoms. The molecule has 0 aliphatic rings. The van der Waals surface area contributed by atoms with Gasteiger partial charge in [-0.3, -0.25) is 4.98 Å². The Balaban J connectivity index is 1.65. The van der Waals surface area contributed by atoms with Crippen molar-refractivity contribution < 1.29 is 0 Å². The van der Waals surface area contributed by atoms with Crippen molar-refractivity contribution in [3.8, 4) is 0 Å². The number of aryl methyl sites for hydroxylation is 1. The van der Waals surface area contributed by atoms with Crippen LogP contribution < -0.4 is 5.32 Å². The van der Waals surface area contributed by atoms with Gasteiger partial charge in [0.1, 0.15) is 0 Å². The molecule has 0 fully saturated rings. The molecule has 19 heavy (non-hydrogen) atoms. The number of rotatable bonds is 4. The normalized spacial score (nSPS) is 10.8. The van der Waals surface area contributed by atoms with Crippen molar-refractivity contribution in [3.63, 3.8) is 0 Å². The van der Waals surface area contributed by atoms with Gasteiger partial charge in [-0.15, -0.1) is 5.10 Å². The van der Waals surface area contributed by atoms with Crippen molar-refractivity contribution in [1.82, 2.24) is 19.6 Å². The van der Waals surface area contributed by atoms with Gasteiger partial charge < -0.3 is 5.32 Å². The first-order valence-electron chi connectivity index (χ1n) is 6.27. The minimum atomic E-state index is 0.662. The molecule has 0 spiro atoms. The Hall–Kier alpha value is -2.43. The molecule has 3 aromatic rings. The minimum Gasteiger partial charge on any atom is -0.353 e. The average molecular weight is 253 g/mol. The van der Waals surface area contributed by atoms with E-state index >= 15 is 0 Å². The molecule has 0 amide bonds. The molecule has 3 rings (SSSR count). The van der Waals surface area contributed by atoms with E-state index in [1.807, 2.05) is 37.5 Å². The molecule has 0 atom stereocenters. The third kappa shape index (κ3) is 2.70. The number of nitrogens with zero attached hydrogens (tertiary/aromatic N) is 4. The largest absolute Gasteiger partial charge is 0.353 e. The highest BCUT2D eigenvalue weighted by Gasteiger charge is 2.02. The summed E-state index contributed by atoms with van der Waals surface area (Å²) in [7, 11) is 0. The summed E-state index contributed by atoms with van der Waals surface area (Å²) in [5.41, 5.74) is 3.25. The van der Waals surface area contributed by atoms with Gasteiger partial charge >= 0.3 is 0 Å². The summed E-state index contributed by atoms with van der Waals surface area (Å²) in [5.74, 6) is 0.662. The van der Waals surface area contributed by atoms with Crippen molar-refractivity contribution in [2.24, 2.45) is 0 Å². The van der Waals surface area contributed by atoms with Crippen LogP contribution in [0.3, 0.4) is 0 Å². The second-order valence-corrected chi connectivity index (χ2v) is 4.48. The number of hydrogen-bond acceptors (Lipinski definition) is 4. The van der Waals surface area contributed by atoms with Crippen LogP contribution in [0.1, 0.15) is 11.1 Å². The molecule has 0 aromatic carbocycles. The van der Waals surface area contributed by atoms with Crippen molar-refractivity contribution in [2.45, 2.75) is 13.3 Å². The van der Waals surface area contributed by atoms with Crippen LogP contribution in [0.25, 0.3) is 5.65 Å². The zero-order valence-corrected chi connectivity index (χ0v) is 10.7. The Morgan fingerprint density at radius 3 is 3.11 bits per heavy atom.